The summed E-state index contributed by atoms with van der Waals surface area (Å²) in [4.78, 5) is 13.4. The molecule has 1 unspecified atom stereocenters. The first-order valence-electron chi connectivity index (χ1n) is 7.39. The van der Waals surface area contributed by atoms with Crippen LogP contribution in [0, 0.1) is 0 Å². The summed E-state index contributed by atoms with van der Waals surface area (Å²) in [6.45, 7) is 3.99. The monoisotopic (exact) mass is 277 g/mol. The van der Waals surface area contributed by atoms with Crippen LogP contribution in [0.3, 0.4) is 0 Å². The number of carbonyl (C=O) groups is 1. The van der Waals surface area contributed by atoms with Crippen molar-refractivity contribution in [2.75, 3.05) is 24.6 Å². The lowest BCUT2D eigenvalue weighted by Gasteiger charge is -2.26. The van der Waals surface area contributed by atoms with Gasteiger partial charge in [0.25, 0.3) is 0 Å². The molecule has 4 nitrogen and oxygen atoms in total. The average Bonchev–Trinajstić information content (AvgIpc) is 2.65. The van der Waals surface area contributed by atoms with Gasteiger partial charge in [-0.3, -0.25) is 0 Å². The summed E-state index contributed by atoms with van der Waals surface area (Å²) in [6.07, 6.45) is 3.29. The van der Waals surface area contributed by atoms with Crippen LogP contribution in [0.1, 0.15) is 31.7 Å². The maximum Gasteiger partial charge on any atom is 0.332 e. The van der Waals surface area contributed by atoms with Gasteiger partial charge in [-0.2, -0.15) is 0 Å². The molecular weight excluding hydrogens is 254 g/mol. The number of aliphatic carboxylic acids is 1. The van der Waals surface area contributed by atoms with Crippen molar-refractivity contribution in [2.45, 2.75) is 38.7 Å². The Morgan fingerprint density at radius 2 is 2.20 bits per heavy atom. The Labute approximate surface area is 120 Å². The highest BCUT2D eigenvalue weighted by molar-refractivity contribution is 5.72. The second-order valence-corrected chi connectivity index (χ2v) is 5.14. The summed E-state index contributed by atoms with van der Waals surface area (Å²) in [5.74, 6) is -0.866. The number of carboxylic acids is 1. The Hall–Kier alpha value is -1.55. The number of fused-ring (bicyclic) bond motifs is 1. The topological polar surface area (TPSA) is 49.8 Å². The van der Waals surface area contributed by atoms with Crippen LogP contribution in [-0.2, 0) is 16.0 Å². The van der Waals surface area contributed by atoms with Crippen LogP contribution >= 0.6 is 0 Å². The molecule has 1 aliphatic heterocycles. The van der Waals surface area contributed by atoms with Crippen molar-refractivity contribution in [1.29, 1.82) is 0 Å². The molecule has 1 aliphatic rings. The van der Waals surface area contributed by atoms with Gasteiger partial charge in [-0.1, -0.05) is 18.2 Å². The van der Waals surface area contributed by atoms with Crippen molar-refractivity contribution in [2.24, 2.45) is 0 Å². The zero-order valence-electron chi connectivity index (χ0n) is 12.0. The van der Waals surface area contributed by atoms with Crippen LogP contribution in [0.5, 0.6) is 0 Å². The molecule has 0 radical (unpaired) electrons. The molecule has 4 heteroatoms. The predicted molar refractivity (Wildman–Crippen MR) is 79.3 cm³/mol. The normalized spacial score (nSPS) is 16.4. The number of aryl methyl sites for hydroxylation is 1. The molecular formula is C16H23NO3. The van der Waals surface area contributed by atoms with E-state index < -0.39 is 12.1 Å². The van der Waals surface area contributed by atoms with Gasteiger partial charge in [-0.15, -0.1) is 0 Å². The summed E-state index contributed by atoms with van der Waals surface area (Å²) in [5, 5.41) is 9.14. The van der Waals surface area contributed by atoms with Crippen LogP contribution in [0.25, 0.3) is 0 Å². The zero-order chi connectivity index (χ0) is 14.4. The second kappa shape index (κ2) is 7.29. The predicted octanol–water partition coefficient (Wildman–Crippen LogP) is 2.71. The molecule has 0 fully saturated rings. The molecule has 1 heterocycles. The molecule has 1 atom stereocenters. The first kappa shape index (κ1) is 14.9. The van der Waals surface area contributed by atoms with E-state index in [0.717, 1.165) is 25.9 Å². The first-order valence-corrected chi connectivity index (χ1v) is 7.39. The summed E-state index contributed by atoms with van der Waals surface area (Å²) in [5.41, 5.74) is 2.62. The van der Waals surface area contributed by atoms with Crippen LogP contribution in [0.2, 0.25) is 0 Å². The number of anilines is 1. The number of ether oxygens (including phenoxy) is 1. The molecule has 0 saturated carbocycles. The lowest BCUT2D eigenvalue weighted by Crippen LogP contribution is -2.32. The third-order valence-corrected chi connectivity index (χ3v) is 3.76. The van der Waals surface area contributed by atoms with Gasteiger partial charge in [-0.05, 0) is 37.8 Å². The number of carboxylic acid groups (broad SMARTS) is 1. The van der Waals surface area contributed by atoms with Crippen molar-refractivity contribution in [3.63, 3.8) is 0 Å². The molecule has 20 heavy (non-hydrogen) atoms. The lowest BCUT2D eigenvalue weighted by molar-refractivity contribution is -0.150. The van der Waals surface area contributed by atoms with Crippen LogP contribution in [-0.4, -0.2) is 36.9 Å². The van der Waals surface area contributed by atoms with Gasteiger partial charge in [0.2, 0.25) is 0 Å². The second-order valence-electron chi connectivity index (χ2n) is 5.14. The van der Waals surface area contributed by atoms with Crippen molar-refractivity contribution in [3.05, 3.63) is 29.8 Å². The smallest absolute Gasteiger partial charge is 0.332 e. The highest BCUT2D eigenvalue weighted by atomic mass is 16.5. The maximum atomic E-state index is 11.1. The summed E-state index contributed by atoms with van der Waals surface area (Å²) < 4.78 is 5.29. The fourth-order valence-electron chi connectivity index (χ4n) is 2.75. The summed E-state index contributed by atoms with van der Waals surface area (Å²) in [7, 11) is 0. The van der Waals surface area contributed by atoms with Gasteiger partial charge < -0.3 is 14.7 Å². The van der Waals surface area contributed by atoms with Crippen molar-refractivity contribution in [1.82, 2.24) is 0 Å². The highest BCUT2D eigenvalue weighted by Crippen LogP contribution is 2.26. The highest BCUT2D eigenvalue weighted by Gasteiger charge is 2.20. The molecule has 1 N–H and O–H groups in total. The maximum absolute atomic E-state index is 11.1. The number of hydrogen-bond acceptors (Lipinski definition) is 3. The Bertz CT molecular complexity index is 447. The van der Waals surface area contributed by atoms with Gasteiger partial charge in [0.15, 0.2) is 6.10 Å². The van der Waals surface area contributed by atoms with E-state index in [1.54, 1.807) is 0 Å². The fourth-order valence-corrected chi connectivity index (χ4v) is 2.75. The number of benzene rings is 1. The zero-order valence-corrected chi connectivity index (χ0v) is 12.0. The minimum absolute atomic E-state index is 0.438. The SMILES string of the molecule is CCOC(CCN1CCCCc2ccccc21)C(=O)O. The lowest BCUT2D eigenvalue weighted by atomic mass is 10.1. The molecule has 0 spiro atoms. The van der Waals surface area contributed by atoms with Crippen LogP contribution in [0.15, 0.2) is 24.3 Å². The molecule has 1 aromatic rings. The van der Waals surface area contributed by atoms with Crippen molar-refractivity contribution < 1.29 is 14.6 Å². The van der Waals surface area contributed by atoms with E-state index in [9.17, 15) is 4.79 Å². The standard InChI is InChI=1S/C16H23NO3/c1-2-20-15(16(18)19)10-12-17-11-6-5-8-13-7-3-4-9-14(13)17/h3-4,7,9,15H,2,5-6,8,10-12H2,1H3,(H,18,19). The molecule has 0 amide bonds. The Morgan fingerprint density at radius 1 is 1.40 bits per heavy atom. The molecule has 0 aromatic heterocycles. The quantitative estimate of drug-likeness (QED) is 0.868. The summed E-state index contributed by atoms with van der Waals surface area (Å²) >= 11 is 0. The average molecular weight is 277 g/mol. The number of hydrogen-bond donors (Lipinski definition) is 1. The van der Waals surface area contributed by atoms with E-state index in [1.807, 2.05) is 13.0 Å². The molecule has 0 saturated heterocycles. The Morgan fingerprint density at radius 3 is 2.95 bits per heavy atom. The van der Waals surface area contributed by atoms with E-state index in [1.165, 1.54) is 17.7 Å². The Kier molecular flexibility index (Phi) is 5.41. The van der Waals surface area contributed by atoms with Gasteiger partial charge in [0.1, 0.15) is 0 Å². The number of para-hydroxylation sites is 1. The van der Waals surface area contributed by atoms with Crippen LogP contribution in [0.4, 0.5) is 5.69 Å². The molecule has 0 bridgehead atoms. The van der Waals surface area contributed by atoms with Crippen molar-refractivity contribution >= 4 is 11.7 Å². The first-order chi connectivity index (χ1) is 9.72. The van der Waals surface area contributed by atoms with E-state index in [0.29, 0.717) is 13.0 Å². The summed E-state index contributed by atoms with van der Waals surface area (Å²) in [6, 6.07) is 8.43. The van der Waals surface area contributed by atoms with E-state index in [4.69, 9.17) is 9.84 Å². The Balaban J connectivity index is 2.03. The minimum atomic E-state index is -0.866. The molecule has 2 rings (SSSR count). The minimum Gasteiger partial charge on any atom is -0.479 e. The third kappa shape index (κ3) is 3.73. The largest absolute Gasteiger partial charge is 0.479 e. The van der Waals surface area contributed by atoms with Gasteiger partial charge in [-0.25, -0.2) is 4.79 Å². The van der Waals surface area contributed by atoms with Gasteiger partial charge in [0.05, 0.1) is 0 Å². The molecule has 110 valence electrons. The molecule has 1 aromatic carbocycles. The van der Waals surface area contributed by atoms with E-state index >= 15 is 0 Å². The van der Waals surface area contributed by atoms with E-state index in [2.05, 4.69) is 23.1 Å². The third-order valence-electron chi connectivity index (χ3n) is 3.76. The number of nitrogens with zero attached hydrogens (tertiary/aromatic N) is 1. The van der Waals surface area contributed by atoms with Gasteiger partial charge in [0, 0.05) is 31.8 Å². The van der Waals surface area contributed by atoms with Crippen LogP contribution < -0.4 is 4.90 Å². The van der Waals surface area contributed by atoms with Gasteiger partial charge >= 0.3 is 5.97 Å². The molecule has 0 aliphatic carbocycles. The number of rotatable bonds is 6. The van der Waals surface area contributed by atoms with E-state index in [-0.39, 0.29) is 0 Å². The fraction of sp³-hybridized carbons (Fsp3) is 0.562. The van der Waals surface area contributed by atoms with Crippen molar-refractivity contribution in [3.8, 4) is 0 Å².